The van der Waals surface area contributed by atoms with Gasteiger partial charge in [0.15, 0.2) is 11.6 Å². The average molecular weight is 505 g/mol. The van der Waals surface area contributed by atoms with Crippen LogP contribution in [0.15, 0.2) is 35.2 Å². The number of halogens is 3. The lowest BCUT2D eigenvalue weighted by Crippen LogP contribution is -2.49. The van der Waals surface area contributed by atoms with Gasteiger partial charge in [0.05, 0.1) is 27.7 Å². The van der Waals surface area contributed by atoms with Crippen molar-refractivity contribution in [1.82, 2.24) is 14.3 Å². The van der Waals surface area contributed by atoms with Gasteiger partial charge in [-0.2, -0.15) is 9.57 Å². The van der Waals surface area contributed by atoms with Crippen LogP contribution in [0.5, 0.6) is 0 Å². The van der Waals surface area contributed by atoms with Crippen LogP contribution in [0.3, 0.4) is 0 Å². The van der Waals surface area contributed by atoms with E-state index < -0.39 is 31.6 Å². The Bertz CT molecular complexity index is 1430. The van der Waals surface area contributed by atoms with Crippen LogP contribution in [0, 0.1) is 23.0 Å². The molecule has 0 atom stereocenters. The molecule has 2 aromatic carbocycles. The van der Waals surface area contributed by atoms with Crippen molar-refractivity contribution in [3.63, 3.8) is 0 Å². The molecule has 176 valence electrons. The summed E-state index contributed by atoms with van der Waals surface area (Å²) in [6.07, 6.45) is 2.06. The van der Waals surface area contributed by atoms with Crippen molar-refractivity contribution in [2.45, 2.75) is 23.8 Å². The minimum Gasteiger partial charge on any atom is -0.364 e. The third-order valence-electron chi connectivity index (χ3n) is 5.82. The summed E-state index contributed by atoms with van der Waals surface area (Å²) in [5, 5.41) is 12.1. The Kier molecular flexibility index (Phi) is 5.75. The van der Waals surface area contributed by atoms with Crippen molar-refractivity contribution in [2.24, 2.45) is 0 Å². The number of nitriles is 1. The lowest BCUT2D eigenvalue weighted by Gasteiger charge is -2.35. The Morgan fingerprint density at radius 2 is 1.76 bits per heavy atom. The fourth-order valence-corrected chi connectivity index (χ4v) is 5.56. The number of hydrogen-bond donors (Lipinski definition) is 1. The quantitative estimate of drug-likeness (QED) is 0.530. The van der Waals surface area contributed by atoms with Crippen LogP contribution in [0.25, 0.3) is 11.0 Å². The Hall–Kier alpha value is -3.07. The third-order valence-corrected chi connectivity index (χ3v) is 8.03. The molecule has 0 spiro atoms. The molecule has 0 bridgehead atoms. The van der Waals surface area contributed by atoms with E-state index in [9.17, 15) is 22.5 Å². The number of hydrogen-bond acceptors (Lipinski definition) is 7. The van der Waals surface area contributed by atoms with Crippen LogP contribution >= 0.6 is 11.6 Å². The fourth-order valence-electron chi connectivity index (χ4n) is 3.83. The maximum absolute atomic E-state index is 14.2. The molecule has 8 nitrogen and oxygen atoms in total. The molecule has 2 aliphatic rings. The average Bonchev–Trinajstić information content (AvgIpc) is 3.64. The number of aromatic nitrogens is 2. The maximum atomic E-state index is 14.2. The van der Waals surface area contributed by atoms with Gasteiger partial charge in [-0.15, -0.1) is 0 Å². The molecule has 0 radical (unpaired) electrons. The number of nitrogens with zero attached hydrogens (tertiary/aromatic N) is 5. The van der Waals surface area contributed by atoms with E-state index in [0.717, 1.165) is 23.2 Å². The highest BCUT2D eigenvalue weighted by Crippen LogP contribution is 2.32. The van der Waals surface area contributed by atoms with Gasteiger partial charge in [-0.1, -0.05) is 11.6 Å². The van der Waals surface area contributed by atoms with Crippen LogP contribution in [-0.2, 0) is 10.0 Å². The molecule has 0 unspecified atom stereocenters. The minimum absolute atomic E-state index is 0.0671. The van der Waals surface area contributed by atoms with Gasteiger partial charge >= 0.3 is 0 Å². The van der Waals surface area contributed by atoms with Gasteiger partial charge < -0.3 is 10.2 Å². The highest BCUT2D eigenvalue weighted by molar-refractivity contribution is 7.89. The van der Waals surface area contributed by atoms with Crippen molar-refractivity contribution < 1.29 is 17.2 Å². The molecule has 1 aliphatic carbocycles. The van der Waals surface area contributed by atoms with Gasteiger partial charge in [0.25, 0.3) is 0 Å². The maximum Gasteiger partial charge on any atom is 0.246 e. The zero-order valence-electron chi connectivity index (χ0n) is 17.8. The van der Waals surface area contributed by atoms with Crippen molar-refractivity contribution in [3.05, 3.63) is 52.6 Å². The fraction of sp³-hybridized carbons (Fsp3) is 0.318. The Labute approximate surface area is 199 Å². The SMILES string of the molecule is N#Cc1ccc2nc(NC3CC3)c(N3CCN(S(=O)(=O)c4cc(Cl)c(F)cc4F)CC3)nc2c1. The number of sulfonamides is 1. The molecule has 34 heavy (non-hydrogen) atoms. The molecule has 0 amide bonds. The van der Waals surface area contributed by atoms with Crippen molar-refractivity contribution in [1.29, 1.82) is 5.26 Å². The summed E-state index contributed by atoms with van der Waals surface area (Å²) >= 11 is 5.69. The Morgan fingerprint density at radius 3 is 2.44 bits per heavy atom. The molecular formula is C22H19ClF2N6O2S. The van der Waals surface area contributed by atoms with Gasteiger partial charge in [0.1, 0.15) is 16.5 Å². The second kappa shape index (κ2) is 8.61. The topological polar surface area (TPSA) is 102 Å². The molecule has 3 aromatic rings. The summed E-state index contributed by atoms with van der Waals surface area (Å²) in [5.41, 5.74) is 1.68. The normalized spacial score (nSPS) is 17.1. The van der Waals surface area contributed by atoms with Crippen LogP contribution in [0.4, 0.5) is 20.4 Å². The second-order valence-electron chi connectivity index (χ2n) is 8.22. The molecule has 1 saturated heterocycles. The molecule has 1 aliphatic heterocycles. The summed E-state index contributed by atoms with van der Waals surface area (Å²) in [5.74, 6) is -1.03. The number of anilines is 2. The Morgan fingerprint density at radius 1 is 1.03 bits per heavy atom. The largest absolute Gasteiger partial charge is 0.364 e. The first-order valence-corrected chi connectivity index (χ1v) is 12.5. The summed E-state index contributed by atoms with van der Waals surface area (Å²) in [6.45, 7) is 0.704. The molecule has 1 N–H and O–H groups in total. The zero-order valence-corrected chi connectivity index (χ0v) is 19.4. The first-order chi connectivity index (χ1) is 16.3. The predicted octanol–water partition coefficient (Wildman–Crippen LogP) is 3.52. The van der Waals surface area contributed by atoms with Crippen LogP contribution in [0.2, 0.25) is 5.02 Å². The zero-order chi connectivity index (χ0) is 24.0. The first kappa shape index (κ1) is 22.7. The predicted molar refractivity (Wildman–Crippen MR) is 123 cm³/mol. The van der Waals surface area contributed by atoms with E-state index in [1.165, 1.54) is 0 Å². The molecule has 2 heterocycles. The Balaban J connectivity index is 1.42. The van der Waals surface area contributed by atoms with E-state index in [0.29, 0.717) is 40.3 Å². The van der Waals surface area contributed by atoms with E-state index >= 15 is 0 Å². The summed E-state index contributed by atoms with van der Waals surface area (Å²) in [4.78, 5) is 10.7. The van der Waals surface area contributed by atoms with Crippen LogP contribution < -0.4 is 10.2 Å². The molecule has 1 aromatic heterocycles. The standard InChI is InChI=1S/C22H19ClF2N6O2S/c23-15-10-20(17(25)11-16(15)24)34(32,33)31-7-5-30(6-8-31)22-21(27-14-2-3-14)28-18-4-1-13(12-26)9-19(18)29-22/h1,4,9-11,14H,2-3,5-8H2,(H,27,28). The summed E-state index contributed by atoms with van der Waals surface area (Å²) in [6, 6.07) is 8.77. The van der Waals surface area contributed by atoms with Crippen LogP contribution in [-0.4, -0.2) is 54.9 Å². The van der Waals surface area contributed by atoms with E-state index in [1.807, 2.05) is 4.90 Å². The highest BCUT2D eigenvalue weighted by Gasteiger charge is 2.33. The monoisotopic (exact) mass is 504 g/mol. The number of benzene rings is 2. The minimum atomic E-state index is -4.21. The number of fused-ring (bicyclic) bond motifs is 1. The van der Waals surface area contributed by atoms with Gasteiger partial charge in [-0.05, 0) is 37.1 Å². The molecule has 1 saturated carbocycles. The van der Waals surface area contributed by atoms with Crippen LogP contribution in [0.1, 0.15) is 18.4 Å². The number of rotatable bonds is 5. The number of nitrogens with one attached hydrogen (secondary N) is 1. The lowest BCUT2D eigenvalue weighted by atomic mass is 10.2. The molecule has 2 fully saturated rings. The van der Waals surface area contributed by atoms with E-state index in [-0.39, 0.29) is 26.2 Å². The van der Waals surface area contributed by atoms with E-state index in [2.05, 4.69) is 11.4 Å². The lowest BCUT2D eigenvalue weighted by molar-refractivity contribution is 0.381. The van der Waals surface area contributed by atoms with E-state index in [4.69, 9.17) is 21.6 Å². The van der Waals surface area contributed by atoms with Gasteiger partial charge in [0.2, 0.25) is 10.0 Å². The van der Waals surface area contributed by atoms with Gasteiger partial charge in [0, 0.05) is 38.3 Å². The summed E-state index contributed by atoms with van der Waals surface area (Å²) in [7, 11) is -4.21. The van der Waals surface area contributed by atoms with E-state index in [1.54, 1.807) is 18.2 Å². The molecule has 5 rings (SSSR count). The highest BCUT2D eigenvalue weighted by atomic mass is 35.5. The van der Waals surface area contributed by atoms with Crippen molar-refractivity contribution >= 4 is 44.3 Å². The summed E-state index contributed by atoms with van der Waals surface area (Å²) < 4.78 is 54.9. The van der Waals surface area contributed by atoms with Crippen molar-refractivity contribution in [3.8, 4) is 6.07 Å². The first-order valence-electron chi connectivity index (χ1n) is 10.6. The van der Waals surface area contributed by atoms with Crippen molar-refractivity contribution in [2.75, 3.05) is 36.4 Å². The second-order valence-corrected chi connectivity index (χ2v) is 10.5. The molecular weight excluding hydrogens is 486 g/mol. The molecule has 12 heteroatoms. The van der Waals surface area contributed by atoms with Gasteiger partial charge in [-0.25, -0.2) is 27.2 Å². The van der Waals surface area contributed by atoms with Gasteiger partial charge in [-0.3, -0.25) is 0 Å². The number of piperazine rings is 1. The smallest absolute Gasteiger partial charge is 0.246 e. The third kappa shape index (κ3) is 4.24.